The maximum Gasteiger partial charge on any atom is 0.101 e. The number of rotatable bonds is 2. The Kier molecular flexibility index (Phi) is 3.90. The molecule has 0 heterocycles. The van der Waals surface area contributed by atoms with Gasteiger partial charge in [0.15, 0.2) is 0 Å². The first kappa shape index (κ1) is 12.9. The van der Waals surface area contributed by atoms with E-state index in [1.807, 2.05) is 37.3 Å². The van der Waals surface area contributed by atoms with Crippen molar-refractivity contribution in [2.24, 2.45) is 0 Å². The number of halogens is 2. The average Bonchev–Trinajstić information content (AvgIpc) is 2.35. The quantitative estimate of drug-likeness (QED) is 0.842. The van der Waals surface area contributed by atoms with Gasteiger partial charge in [-0.05, 0) is 42.8 Å². The summed E-state index contributed by atoms with van der Waals surface area (Å²) in [4.78, 5) is 0. The molecule has 0 aliphatic carbocycles. The molecule has 0 atom stereocenters. The zero-order chi connectivity index (χ0) is 13.1. The number of nitrogens with one attached hydrogen (secondary N) is 1. The van der Waals surface area contributed by atoms with Crippen LogP contribution in [0.4, 0.5) is 11.4 Å². The maximum absolute atomic E-state index is 9.08. The molecular formula is C14H10BrClN2. The molecule has 0 amide bonds. The Morgan fingerprint density at radius 1 is 1.22 bits per heavy atom. The van der Waals surface area contributed by atoms with E-state index in [0.29, 0.717) is 10.6 Å². The Labute approximate surface area is 119 Å². The lowest BCUT2D eigenvalue weighted by Gasteiger charge is -2.12. The zero-order valence-electron chi connectivity index (χ0n) is 9.67. The Balaban J connectivity index is 2.43. The van der Waals surface area contributed by atoms with Crippen LogP contribution < -0.4 is 5.32 Å². The topological polar surface area (TPSA) is 35.8 Å². The highest BCUT2D eigenvalue weighted by Gasteiger charge is 2.06. The SMILES string of the molecule is Cc1c(Cl)cccc1Nc1cc(Br)ccc1C#N. The van der Waals surface area contributed by atoms with Gasteiger partial charge >= 0.3 is 0 Å². The molecule has 0 unspecified atom stereocenters. The highest BCUT2D eigenvalue weighted by molar-refractivity contribution is 9.10. The zero-order valence-corrected chi connectivity index (χ0v) is 12.0. The molecule has 2 rings (SSSR count). The normalized spacial score (nSPS) is 9.89. The van der Waals surface area contributed by atoms with Gasteiger partial charge in [-0.3, -0.25) is 0 Å². The molecule has 0 aliphatic heterocycles. The van der Waals surface area contributed by atoms with E-state index < -0.39 is 0 Å². The van der Waals surface area contributed by atoms with E-state index in [9.17, 15) is 0 Å². The molecule has 2 aromatic rings. The highest BCUT2D eigenvalue weighted by Crippen LogP contribution is 2.29. The van der Waals surface area contributed by atoms with Crippen molar-refractivity contribution in [3.63, 3.8) is 0 Å². The first-order chi connectivity index (χ1) is 8.61. The van der Waals surface area contributed by atoms with Crippen molar-refractivity contribution in [1.82, 2.24) is 0 Å². The minimum atomic E-state index is 0.595. The van der Waals surface area contributed by atoms with Crippen LogP contribution in [0.5, 0.6) is 0 Å². The van der Waals surface area contributed by atoms with E-state index in [1.165, 1.54) is 0 Å². The fourth-order valence-electron chi connectivity index (χ4n) is 1.61. The third kappa shape index (κ3) is 2.66. The van der Waals surface area contributed by atoms with Crippen LogP contribution in [0, 0.1) is 18.3 Å². The number of hydrogen-bond donors (Lipinski definition) is 1. The number of benzene rings is 2. The molecule has 0 bridgehead atoms. The first-order valence-corrected chi connectivity index (χ1v) is 6.50. The third-order valence-electron chi connectivity index (χ3n) is 2.64. The average molecular weight is 322 g/mol. The van der Waals surface area contributed by atoms with Gasteiger partial charge in [0, 0.05) is 15.2 Å². The van der Waals surface area contributed by atoms with Gasteiger partial charge in [0.05, 0.1) is 11.3 Å². The molecule has 0 aliphatic rings. The van der Waals surface area contributed by atoms with Crippen LogP contribution in [-0.2, 0) is 0 Å². The molecule has 18 heavy (non-hydrogen) atoms. The minimum Gasteiger partial charge on any atom is -0.354 e. The van der Waals surface area contributed by atoms with Crippen LogP contribution in [0.3, 0.4) is 0 Å². The molecule has 0 aromatic heterocycles. The molecule has 4 heteroatoms. The summed E-state index contributed by atoms with van der Waals surface area (Å²) in [7, 11) is 0. The van der Waals surface area contributed by atoms with E-state index in [0.717, 1.165) is 21.4 Å². The Bertz CT molecular complexity index is 632. The standard InChI is InChI=1S/C14H10BrClN2/c1-9-12(16)3-2-4-13(9)18-14-7-11(15)6-5-10(14)8-17/h2-7,18H,1H3. The first-order valence-electron chi connectivity index (χ1n) is 5.33. The highest BCUT2D eigenvalue weighted by atomic mass is 79.9. The molecule has 0 spiro atoms. The van der Waals surface area contributed by atoms with Gasteiger partial charge in [-0.15, -0.1) is 0 Å². The van der Waals surface area contributed by atoms with Crippen LogP contribution >= 0.6 is 27.5 Å². The fourth-order valence-corrected chi connectivity index (χ4v) is 2.14. The summed E-state index contributed by atoms with van der Waals surface area (Å²) in [6, 6.07) is 13.3. The van der Waals surface area contributed by atoms with Crippen molar-refractivity contribution in [2.75, 3.05) is 5.32 Å². The number of anilines is 2. The van der Waals surface area contributed by atoms with Crippen molar-refractivity contribution in [1.29, 1.82) is 5.26 Å². The Morgan fingerprint density at radius 2 is 2.00 bits per heavy atom. The van der Waals surface area contributed by atoms with Gasteiger partial charge in [0.1, 0.15) is 6.07 Å². The van der Waals surface area contributed by atoms with Gasteiger partial charge in [-0.2, -0.15) is 5.26 Å². The third-order valence-corrected chi connectivity index (χ3v) is 3.54. The lowest BCUT2D eigenvalue weighted by atomic mass is 10.1. The molecule has 2 nitrogen and oxygen atoms in total. The predicted molar refractivity (Wildman–Crippen MR) is 78.3 cm³/mol. The predicted octanol–water partition coefficient (Wildman–Crippen LogP) is 5.03. The molecule has 0 radical (unpaired) electrons. The molecule has 0 saturated heterocycles. The van der Waals surface area contributed by atoms with Crippen LogP contribution in [0.25, 0.3) is 0 Å². The fraction of sp³-hybridized carbons (Fsp3) is 0.0714. The summed E-state index contributed by atoms with van der Waals surface area (Å²) in [6.07, 6.45) is 0. The van der Waals surface area contributed by atoms with E-state index in [4.69, 9.17) is 16.9 Å². The number of nitrogens with zero attached hydrogens (tertiary/aromatic N) is 1. The van der Waals surface area contributed by atoms with Crippen molar-refractivity contribution in [3.05, 3.63) is 57.0 Å². The van der Waals surface area contributed by atoms with Gasteiger partial charge < -0.3 is 5.32 Å². The summed E-state index contributed by atoms with van der Waals surface area (Å²) in [5.74, 6) is 0. The van der Waals surface area contributed by atoms with Gasteiger partial charge in [-0.25, -0.2) is 0 Å². The summed E-state index contributed by atoms with van der Waals surface area (Å²) < 4.78 is 0.920. The van der Waals surface area contributed by atoms with Crippen LogP contribution in [0.1, 0.15) is 11.1 Å². The van der Waals surface area contributed by atoms with Crippen LogP contribution in [0.15, 0.2) is 40.9 Å². The second-order valence-corrected chi connectivity index (χ2v) is 5.16. The molecule has 0 saturated carbocycles. The van der Waals surface area contributed by atoms with Crippen molar-refractivity contribution < 1.29 is 0 Å². The van der Waals surface area contributed by atoms with Gasteiger partial charge in [0.25, 0.3) is 0 Å². The van der Waals surface area contributed by atoms with E-state index in [-0.39, 0.29) is 0 Å². The van der Waals surface area contributed by atoms with E-state index in [1.54, 1.807) is 6.07 Å². The van der Waals surface area contributed by atoms with Gasteiger partial charge in [-0.1, -0.05) is 33.6 Å². The van der Waals surface area contributed by atoms with E-state index in [2.05, 4.69) is 27.3 Å². The van der Waals surface area contributed by atoms with Crippen molar-refractivity contribution in [3.8, 4) is 6.07 Å². The summed E-state index contributed by atoms with van der Waals surface area (Å²) in [5, 5.41) is 13.0. The van der Waals surface area contributed by atoms with Crippen molar-refractivity contribution >= 4 is 38.9 Å². The monoisotopic (exact) mass is 320 g/mol. The Morgan fingerprint density at radius 3 is 2.72 bits per heavy atom. The molecular weight excluding hydrogens is 312 g/mol. The second-order valence-electron chi connectivity index (χ2n) is 3.84. The largest absolute Gasteiger partial charge is 0.354 e. The lowest BCUT2D eigenvalue weighted by Crippen LogP contribution is -1.96. The summed E-state index contributed by atoms with van der Waals surface area (Å²) in [6.45, 7) is 1.94. The minimum absolute atomic E-state index is 0.595. The van der Waals surface area contributed by atoms with Crippen LogP contribution in [-0.4, -0.2) is 0 Å². The lowest BCUT2D eigenvalue weighted by molar-refractivity contribution is 1.41. The smallest absolute Gasteiger partial charge is 0.101 e. The molecule has 0 fully saturated rings. The number of hydrogen-bond acceptors (Lipinski definition) is 2. The number of nitriles is 1. The molecule has 2 aromatic carbocycles. The van der Waals surface area contributed by atoms with Gasteiger partial charge in [0.2, 0.25) is 0 Å². The maximum atomic E-state index is 9.08. The molecule has 1 N–H and O–H groups in total. The second kappa shape index (κ2) is 5.43. The van der Waals surface area contributed by atoms with E-state index >= 15 is 0 Å². The summed E-state index contributed by atoms with van der Waals surface area (Å²) in [5.41, 5.74) is 3.22. The Hall–Kier alpha value is -1.50. The molecule has 90 valence electrons. The van der Waals surface area contributed by atoms with Crippen LogP contribution in [0.2, 0.25) is 5.02 Å². The van der Waals surface area contributed by atoms with Crippen molar-refractivity contribution in [2.45, 2.75) is 6.92 Å². The summed E-state index contributed by atoms with van der Waals surface area (Å²) >= 11 is 9.47.